The largest absolute Gasteiger partial charge is 0.508 e. The molecule has 1 aliphatic heterocycles. The van der Waals surface area contributed by atoms with Crippen LogP contribution in [0.2, 0.25) is 0 Å². The Kier molecular flexibility index (Phi) is 5.29. The van der Waals surface area contributed by atoms with Crippen molar-refractivity contribution in [2.24, 2.45) is 0 Å². The zero-order valence-corrected chi connectivity index (χ0v) is 20.2. The highest BCUT2D eigenvalue weighted by molar-refractivity contribution is 9.10. The molecule has 2 amide bonds. The number of nitrogens with zero attached hydrogens (tertiary/aromatic N) is 2. The number of phenolic OH excluding ortho intramolecular Hbond substituents is 1. The van der Waals surface area contributed by atoms with Gasteiger partial charge in [0.1, 0.15) is 11.4 Å². The molecular formula is C26H18BrN3O5. The topological polar surface area (TPSA) is 113 Å². The van der Waals surface area contributed by atoms with Crippen molar-refractivity contribution in [2.75, 3.05) is 10.2 Å². The Bertz CT molecular complexity index is 1580. The second-order valence-electron chi connectivity index (χ2n) is 8.31. The Morgan fingerprint density at radius 1 is 0.943 bits per heavy atom. The van der Waals surface area contributed by atoms with Crippen molar-refractivity contribution in [1.29, 1.82) is 0 Å². The number of hydrogen-bond acceptors (Lipinski definition) is 6. The molecule has 4 aromatic rings. The summed E-state index contributed by atoms with van der Waals surface area (Å²) in [6, 6.07) is 15.5. The molecule has 35 heavy (non-hydrogen) atoms. The second-order valence-corrected chi connectivity index (χ2v) is 9.16. The van der Waals surface area contributed by atoms with Crippen molar-refractivity contribution in [3.63, 3.8) is 0 Å². The summed E-state index contributed by atoms with van der Waals surface area (Å²) < 4.78 is 0.723. The minimum absolute atomic E-state index is 0.0167. The van der Waals surface area contributed by atoms with E-state index in [9.17, 15) is 24.8 Å². The van der Waals surface area contributed by atoms with E-state index in [0.717, 1.165) is 20.5 Å². The molecule has 0 atom stereocenters. The lowest BCUT2D eigenvalue weighted by Gasteiger charge is -2.28. The van der Waals surface area contributed by atoms with E-state index in [4.69, 9.17) is 0 Å². The Labute approximate surface area is 208 Å². The predicted molar refractivity (Wildman–Crippen MR) is 137 cm³/mol. The maximum Gasteiger partial charge on any atom is 0.294 e. The van der Waals surface area contributed by atoms with Crippen LogP contribution in [0, 0.1) is 24.0 Å². The molecule has 0 bridgehead atoms. The Balaban J connectivity index is 1.75. The number of carbonyl (C=O) groups is 2. The first-order valence-corrected chi connectivity index (χ1v) is 11.4. The highest BCUT2D eigenvalue weighted by Crippen LogP contribution is 2.43. The summed E-state index contributed by atoms with van der Waals surface area (Å²) in [7, 11) is 0. The second kappa shape index (κ2) is 8.21. The van der Waals surface area contributed by atoms with E-state index in [1.54, 1.807) is 18.2 Å². The van der Waals surface area contributed by atoms with Gasteiger partial charge in [0.25, 0.3) is 17.5 Å². The zero-order valence-electron chi connectivity index (χ0n) is 18.6. The minimum atomic E-state index is -0.675. The number of nitro benzene ring substituents is 1. The average molecular weight is 532 g/mol. The van der Waals surface area contributed by atoms with E-state index in [2.05, 4.69) is 21.2 Å². The molecule has 4 aromatic carbocycles. The SMILES string of the molecule is Cc1cc(Br)c(Nc2c([N+](=O)[O-])cc3c4c(cccc24)C(=O)N(c2ccc(O)cc2)C3=O)cc1C. The lowest BCUT2D eigenvalue weighted by Crippen LogP contribution is -2.40. The van der Waals surface area contributed by atoms with Gasteiger partial charge in [-0.05, 0) is 83.4 Å². The van der Waals surface area contributed by atoms with E-state index in [1.165, 1.54) is 30.3 Å². The van der Waals surface area contributed by atoms with Gasteiger partial charge in [-0.25, -0.2) is 4.90 Å². The molecule has 1 heterocycles. The van der Waals surface area contributed by atoms with Crippen molar-refractivity contribution in [2.45, 2.75) is 13.8 Å². The van der Waals surface area contributed by atoms with Gasteiger partial charge in [0.15, 0.2) is 0 Å². The number of amides is 2. The number of benzene rings is 4. The van der Waals surface area contributed by atoms with Gasteiger partial charge in [-0.3, -0.25) is 19.7 Å². The van der Waals surface area contributed by atoms with Gasteiger partial charge in [-0.2, -0.15) is 0 Å². The summed E-state index contributed by atoms with van der Waals surface area (Å²) in [5.74, 6) is -1.24. The van der Waals surface area contributed by atoms with Crippen molar-refractivity contribution >= 4 is 61.3 Å². The third kappa shape index (κ3) is 3.60. The van der Waals surface area contributed by atoms with E-state index in [-0.39, 0.29) is 33.9 Å². The van der Waals surface area contributed by atoms with Crippen molar-refractivity contribution in [1.82, 2.24) is 0 Å². The third-order valence-electron chi connectivity index (χ3n) is 6.15. The number of nitro groups is 1. The first-order valence-electron chi connectivity index (χ1n) is 10.6. The standard InChI is InChI=1S/C26H18BrN3O5/c1-13-10-20(27)21(11-14(13)2)28-24-17-4-3-5-18-23(17)19(12-22(24)30(34)35)26(33)29(25(18)32)15-6-8-16(31)9-7-15/h3-12,28,31H,1-2H3. The Hall–Kier alpha value is -4.24. The van der Waals surface area contributed by atoms with Crippen LogP contribution in [0.15, 0.2) is 65.1 Å². The normalized spacial score (nSPS) is 12.8. The number of rotatable bonds is 4. The number of halogens is 1. The summed E-state index contributed by atoms with van der Waals surface area (Å²) in [6.07, 6.45) is 0. The Morgan fingerprint density at radius 2 is 1.60 bits per heavy atom. The summed E-state index contributed by atoms with van der Waals surface area (Å²) in [4.78, 5) is 39.4. The van der Waals surface area contributed by atoms with Crippen LogP contribution >= 0.6 is 15.9 Å². The summed E-state index contributed by atoms with van der Waals surface area (Å²) >= 11 is 3.51. The van der Waals surface area contributed by atoms with E-state index in [0.29, 0.717) is 16.5 Å². The number of aryl methyl sites for hydroxylation is 2. The molecule has 1 aliphatic rings. The van der Waals surface area contributed by atoms with E-state index in [1.807, 2.05) is 26.0 Å². The van der Waals surface area contributed by atoms with Crippen molar-refractivity contribution < 1.29 is 19.6 Å². The number of anilines is 3. The van der Waals surface area contributed by atoms with Gasteiger partial charge in [0.2, 0.25) is 0 Å². The molecule has 0 saturated heterocycles. The Morgan fingerprint density at radius 3 is 2.29 bits per heavy atom. The number of hydrogen-bond donors (Lipinski definition) is 2. The molecule has 0 fully saturated rings. The fraction of sp³-hybridized carbons (Fsp3) is 0.0769. The van der Waals surface area contributed by atoms with Crippen LogP contribution in [0.5, 0.6) is 5.75 Å². The minimum Gasteiger partial charge on any atom is -0.508 e. The van der Waals surface area contributed by atoms with Gasteiger partial charge in [0, 0.05) is 26.9 Å². The zero-order chi connectivity index (χ0) is 25.0. The molecule has 9 heteroatoms. The van der Waals surface area contributed by atoms with Crippen LogP contribution in [-0.2, 0) is 0 Å². The number of carbonyl (C=O) groups excluding carboxylic acids is 2. The van der Waals surface area contributed by atoms with Crippen molar-refractivity contribution in [3.05, 3.63) is 97.5 Å². The molecule has 0 radical (unpaired) electrons. The van der Waals surface area contributed by atoms with Gasteiger partial charge >= 0.3 is 0 Å². The van der Waals surface area contributed by atoms with Crippen molar-refractivity contribution in [3.8, 4) is 5.75 Å². The van der Waals surface area contributed by atoms with Crippen LogP contribution in [0.4, 0.5) is 22.7 Å². The van der Waals surface area contributed by atoms with Crippen LogP contribution < -0.4 is 10.2 Å². The highest BCUT2D eigenvalue weighted by atomic mass is 79.9. The fourth-order valence-corrected chi connectivity index (χ4v) is 4.83. The number of aromatic hydroxyl groups is 1. The quantitative estimate of drug-likeness (QED) is 0.179. The monoisotopic (exact) mass is 531 g/mol. The van der Waals surface area contributed by atoms with Gasteiger partial charge in [-0.1, -0.05) is 12.1 Å². The van der Waals surface area contributed by atoms with Crippen LogP contribution in [0.3, 0.4) is 0 Å². The van der Waals surface area contributed by atoms with E-state index < -0.39 is 16.7 Å². The van der Waals surface area contributed by atoms with Crippen LogP contribution in [-0.4, -0.2) is 21.8 Å². The number of nitrogens with one attached hydrogen (secondary N) is 1. The smallest absolute Gasteiger partial charge is 0.294 e. The molecule has 8 nitrogen and oxygen atoms in total. The first-order chi connectivity index (χ1) is 16.7. The average Bonchev–Trinajstić information content (AvgIpc) is 2.82. The lowest BCUT2D eigenvalue weighted by molar-refractivity contribution is -0.383. The molecular weight excluding hydrogens is 514 g/mol. The molecule has 0 unspecified atom stereocenters. The lowest BCUT2D eigenvalue weighted by atomic mass is 9.91. The van der Waals surface area contributed by atoms with Gasteiger partial charge < -0.3 is 10.4 Å². The summed E-state index contributed by atoms with van der Waals surface area (Å²) in [6.45, 7) is 3.90. The van der Waals surface area contributed by atoms with Gasteiger partial charge in [-0.15, -0.1) is 0 Å². The predicted octanol–water partition coefficient (Wildman–Crippen LogP) is 6.38. The fourth-order valence-electron chi connectivity index (χ4n) is 4.27. The van der Waals surface area contributed by atoms with Crippen LogP contribution in [0.1, 0.15) is 31.8 Å². The summed E-state index contributed by atoms with van der Waals surface area (Å²) in [5.41, 5.74) is 3.14. The maximum absolute atomic E-state index is 13.5. The summed E-state index contributed by atoms with van der Waals surface area (Å²) in [5, 5.41) is 25.6. The molecule has 0 spiro atoms. The number of phenols is 1. The number of imide groups is 1. The molecule has 5 rings (SSSR count). The van der Waals surface area contributed by atoms with E-state index >= 15 is 0 Å². The molecule has 0 aromatic heterocycles. The third-order valence-corrected chi connectivity index (χ3v) is 6.81. The van der Waals surface area contributed by atoms with Crippen LogP contribution in [0.25, 0.3) is 10.8 Å². The maximum atomic E-state index is 13.5. The van der Waals surface area contributed by atoms with Gasteiger partial charge in [0.05, 0.1) is 21.9 Å². The molecule has 2 N–H and O–H groups in total. The molecule has 0 aliphatic carbocycles. The molecule has 0 saturated carbocycles. The first kappa shape index (κ1) is 22.5. The molecule has 174 valence electrons. The highest BCUT2D eigenvalue weighted by Gasteiger charge is 2.37.